The van der Waals surface area contributed by atoms with E-state index in [-0.39, 0.29) is 11.9 Å². The SMILES string of the molecule is O=C(c1ccc(COc2ccccc2)o1)N1CCCCC1c1nc2ccccc2s1. The third-order valence-electron chi connectivity index (χ3n) is 5.36. The van der Waals surface area contributed by atoms with Crippen molar-refractivity contribution < 1.29 is 13.9 Å². The lowest BCUT2D eigenvalue weighted by molar-refractivity contribution is 0.0575. The lowest BCUT2D eigenvalue weighted by Crippen LogP contribution is -2.38. The molecule has 2 aromatic carbocycles. The van der Waals surface area contributed by atoms with Gasteiger partial charge in [0.15, 0.2) is 5.76 Å². The Labute approximate surface area is 178 Å². The molecule has 5 nitrogen and oxygen atoms in total. The van der Waals surface area contributed by atoms with Gasteiger partial charge in [-0.3, -0.25) is 4.79 Å². The fraction of sp³-hybridized carbons (Fsp3) is 0.250. The number of carbonyl (C=O) groups excluding carboxylic acids is 1. The average Bonchev–Trinajstić information content (AvgIpc) is 3.45. The van der Waals surface area contributed by atoms with Crippen LogP contribution in [0, 0.1) is 0 Å². The molecule has 0 aliphatic carbocycles. The maximum atomic E-state index is 13.3. The molecule has 1 unspecified atom stereocenters. The van der Waals surface area contributed by atoms with Gasteiger partial charge in [0, 0.05) is 6.54 Å². The molecule has 1 aliphatic rings. The monoisotopic (exact) mass is 418 g/mol. The lowest BCUT2D eigenvalue weighted by Gasteiger charge is -2.33. The minimum atomic E-state index is -0.0788. The fourth-order valence-corrected chi connectivity index (χ4v) is 4.96. The summed E-state index contributed by atoms with van der Waals surface area (Å²) in [5.41, 5.74) is 0.994. The van der Waals surface area contributed by atoms with E-state index in [4.69, 9.17) is 14.1 Å². The standard InChI is InChI=1S/C24H22N2O3S/c27-24(21-14-13-18(29-21)16-28-17-8-2-1-3-9-17)26-15-7-6-11-20(26)23-25-19-10-4-5-12-22(19)30-23/h1-5,8-10,12-14,20H,6-7,11,15-16H2. The van der Waals surface area contributed by atoms with Gasteiger partial charge in [0.2, 0.25) is 0 Å². The predicted molar refractivity (Wildman–Crippen MR) is 117 cm³/mol. The van der Waals surface area contributed by atoms with Gasteiger partial charge >= 0.3 is 0 Å². The highest BCUT2D eigenvalue weighted by Gasteiger charge is 2.32. The topological polar surface area (TPSA) is 55.6 Å². The van der Waals surface area contributed by atoms with E-state index in [1.807, 2.05) is 59.5 Å². The molecule has 2 aromatic heterocycles. The number of nitrogens with zero attached hydrogens (tertiary/aromatic N) is 2. The summed E-state index contributed by atoms with van der Waals surface area (Å²) in [6.07, 6.45) is 3.02. The van der Waals surface area contributed by atoms with Crippen molar-refractivity contribution in [3.05, 3.63) is 83.3 Å². The Bertz CT molecular complexity index is 1120. The summed E-state index contributed by atoms with van der Waals surface area (Å²) in [4.78, 5) is 20.0. The van der Waals surface area contributed by atoms with E-state index in [0.717, 1.165) is 46.8 Å². The van der Waals surface area contributed by atoms with Crippen LogP contribution in [-0.2, 0) is 6.61 Å². The third kappa shape index (κ3) is 3.83. The van der Waals surface area contributed by atoms with Crippen molar-refractivity contribution in [2.24, 2.45) is 0 Å². The molecular formula is C24H22N2O3S. The molecule has 0 N–H and O–H groups in total. The summed E-state index contributed by atoms with van der Waals surface area (Å²) in [5.74, 6) is 1.68. The molecule has 0 spiro atoms. The van der Waals surface area contributed by atoms with Gasteiger partial charge in [-0.2, -0.15) is 0 Å². The van der Waals surface area contributed by atoms with Crippen molar-refractivity contribution in [2.75, 3.05) is 6.54 Å². The number of aromatic nitrogens is 1. The number of amides is 1. The number of carbonyl (C=O) groups is 1. The van der Waals surface area contributed by atoms with E-state index in [9.17, 15) is 4.79 Å². The summed E-state index contributed by atoms with van der Waals surface area (Å²) in [5, 5.41) is 1.00. The predicted octanol–water partition coefficient (Wildman–Crippen LogP) is 5.84. The van der Waals surface area contributed by atoms with E-state index in [1.165, 1.54) is 0 Å². The number of likely N-dealkylation sites (tertiary alicyclic amines) is 1. The van der Waals surface area contributed by atoms with Crippen LogP contribution < -0.4 is 4.74 Å². The highest BCUT2D eigenvalue weighted by molar-refractivity contribution is 7.18. The first-order chi connectivity index (χ1) is 14.8. The molecule has 1 fully saturated rings. The van der Waals surface area contributed by atoms with Gasteiger partial charge in [0.05, 0.1) is 16.3 Å². The van der Waals surface area contributed by atoms with Gasteiger partial charge < -0.3 is 14.1 Å². The third-order valence-corrected chi connectivity index (χ3v) is 6.49. The molecule has 1 amide bonds. The van der Waals surface area contributed by atoms with Crippen LogP contribution in [0.2, 0.25) is 0 Å². The zero-order valence-electron chi connectivity index (χ0n) is 16.5. The smallest absolute Gasteiger partial charge is 0.290 e. The van der Waals surface area contributed by atoms with Crippen LogP contribution >= 0.6 is 11.3 Å². The minimum absolute atomic E-state index is 0.00207. The molecule has 3 heterocycles. The summed E-state index contributed by atoms with van der Waals surface area (Å²) in [6, 6.07) is 21.3. The van der Waals surface area contributed by atoms with Gasteiger partial charge in [-0.1, -0.05) is 30.3 Å². The summed E-state index contributed by atoms with van der Waals surface area (Å²) >= 11 is 1.68. The summed E-state index contributed by atoms with van der Waals surface area (Å²) < 4.78 is 12.7. The molecule has 1 aliphatic heterocycles. The Kier molecular flexibility index (Phi) is 5.24. The van der Waals surface area contributed by atoms with Gasteiger partial charge in [0.1, 0.15) is 23.1 Å². The molecule has 4 aromatic rings. The average molecular weight is 419 g/mol. The molecule has 30 heavy (non-hydrogen) atoms. The number of furan rings is 1. The van der Waals surface area contributed by atoms with Gasteiger partial charge in [-0.15, -0.1) is 11.3 Å². The second-order valence-electron chi connectivity index (χ2n) is 7.40. The van der Waals surface area contributed by atoms with Gasteiger partial charge in [0.25, 0.3) is 5.91 Å². The molecular weight excluding hydrogens is 396 g/mol. The number of hydrogen-bond donors (Lipinski definition) is 0. The molecule has 0 saturated carbocycles. The molecule has 0 bridgehead atoms. The maximum Gasteiger partial charge on any atom is 0.290 e. The second-order valence-corrected chi connectivity index (χ2v) is 8.46. The first-order valence-electron chi connectivity index (χ1n) is 10.2. The zero-order valence-corrected chi connectivity index (χ0v) is 17.3. The van der Waals surface area contributed by atoms with Crippen molar-refractivity contribution >= 4 is 27.5 Å². The Morgan fingerprint density at radius 1 is 1.07 bits per heavy atom. The highest BCUT2D eigenvalue weighted by Crippen LogP contribution is 2.36. The van der Waals surface area contributed by atoms with E-state index >= 15 is 0 Å². The molecule has 0 radical (unpaired) electrons. The summed E-state index contributed by atoms with van der Waals surface area (Å²) in [6.45, 7) is 1.01. The van der Waals surface area contributed by atoms with E-state index in [2.05, 4.69) is 6.07 Å². The van der Waals surface area contributed by atoms with Crippen LogP contribution in [0.1, 0.15) is 46.6 Å². The van der Waals surface area contributed by atoms with Gasteiger partial charge in [-0.05, 0) is 55.7 Å². The fourth-order valence-electron chi connectivity index (χ4n) is 3.85. The molecule has 152 valence electrons. The van der Waals surface area contributed by atoms with Crippen LogP contribution in [-0.4, -0.2) is 22.3 Å². The first-order valence-corrected chi connectivity index (χ1v) is 11.0. The van der Waals surface area contributed by atoms with Crippen molar-refractivity contribution in [1.29, 1.82) is 0 Å². The summed E-state index contributed by atoms with van der Waals surface area (Å²) in [7, 11) is 0. The van der Waals surface area contributed by atoms with Crippen molar-refractivity contribution in [3.63, 3.8) is 0 Å². The molecule has 5 rings (SSSR count). The van der Waals surface area contributed by atoms with Crippen LogP contribution in [0.3, 0.4) is 0 Å². The van der Waals surface area contributed by atoms with Gasteiger partial charge in [-0.25, -0.2) is 4.98 Å². The van der Waals surface area contributed by atoms with Crippen LogP contribution in [0.25, 0.3) is 10.2 Å². The van der Waals surface area contributed by atoms with Crippen LogP contribution in [0.4, 0.5) is 0 Å². The van der Waals surface area contributed by atoms with Crippen molar-refractivity contribution in [2.45, 2.75) is 31.9 Å². The number of benzene rings is 2. The first kappa shape index (κ1) is 18.9. The largest absolute Gasteiger partial charge is 0.486 e. The number of rotatable bonds is 5. The number of ether oxygens (including phenoxy) is 1. The van der Waals surface area contributed by atoms with Crippen LogP contribution in [0.5, 0.6) is 5.75 Å². The Morgan fingerprint density at radius 2 is 1.90 bits per heavy atom. The number of piperidine rings is 1. The van der Waals surface area contributed by atoms with Crippen molar-refractivity contribution in [1.82, 2.24) is 9.88 Å². The Balaban J connectivity index is 1.33. The number of fused-ring (bicyclic) bond motifs is 1. The quantitative estimate of drug-likeness (QED) is 0.409. The number of hydrogen-bond acceptors (Lipinski definition) is 5. The van der Waals surface area contributed by atoms with E-state index < -0.39 is 0 Å². The Hall–Kier alpha value is -3.12. The Morgan fingerprint density at radius 3 is 2.77 bits per heavy atom. The molecule has 6 heteroatoms. The van der Waals surface area contributed by atoms with E-state index in [0.29, 0.717) is 18.1 Å². The molecule has 1 saturated heterocycles. The molecule has 1 atom stereocenters. The maximum absolute atomic E-state index is 13.3. The zero-order chi connectivity index (χ0) is 20.3. The number of thiazole rings is 1. The van der Waals surface area contributed by atoms with Crippen molar-refractivity contribution in [3.8, 4) is 5.75 Å². The van der Waals surface area contributed by atoms with E-state index in [1.54, 1.807) is 17.4 Å². The highest BCUT2D eigenvalue weighted by atomic mass is 32.1. The normalized spacial score (nSPS) is 16.7. The number of para-hydroxylation sites is 2. The minimum Gasteiger partial charge on any atom is -0.486 e. The van der Waals surface area contributed by atoms with Crippen LogP contribution in [0.15, 0.2) is 71.1 Å². The second kappa shape index (κ2) is 8.32. The lowest BCUT2D eigenvalue weighted by atomic mass is 10.0.